The van der Waals surface area contributed by atoms with Crippen LogP contribution in [0.1, 0.15) is 18.1 Å². The van der Waals surface area contributed by atoms with Crippen LogP contribution in [0.3, 0.4) is 0 Å². The van der Waals surface area contributed by atoms with Gasteiger partial charge in [0, 0.05) is 6.54 Å². The van der Waals surface area contributed by atoms with Gasteiger partial charge < -0.3 is 14.8 Å². The number of nitrogens with one attached hydrogen (secondary N) is 2. The molecule has 0 spiro atoms. The Labute approximate surface area is 172 Å². The Kier molecular flexibility index (Phi) is 7.68. The largest absolute Gasteiger partial charge is 0.493 e. The highest BCUT2D eigenvalue weighted by Crippen LogP contribution is 2.30. The van der Waals surface area contributed by atoms with Gasteiger partial charge in [-0.25, -0.2) is 13.1 Å². The van der Waals surface area contributed by atoms with Gasteiger partial charge in [0.1, 0.15) is 0 Å². The fourth-order valence-electron chi connectivity index (χ4n) is 2.44. The number of sulfonamides is 1. The topological polar surface area (TPSA) is 93.7 Å². The molecule has 7 nitrogen and oxygen atoms in total. The van der Waals surface area contributed by atoms with Crippen LogP contribution in [0.15, 0.2) is 47.4 Å². The van der Waals surface area contributed by atoms with Crippen LogP contribution in [0.2, 0.25) is 0 Å². The molecule has 2 aromatic rings. The number of hydrogen-bond acceptors (Lipinski definition) is 5. The molecule has 0 radical (unpaired) electrons. The van der Waals surface area contributed by atoms with Crippen molar-refractivity contribution in [3.05, 3.63) is 53.6 Å². The van der Waals surface area contributed by atoms with Crippen LogP contribution in [0.4, 0.5) is 13.2 Å². The molecular weight excluding hydrogens is 425 g/mol. The average molecular weight is 446 g/mol. The number of hydrogen-bond donors (Lipinski definition) is 2. The average Bonchev–Trinajstić information content (AvgIpc) is 2.71. The lowest BCUT2D eigenvalue weighted by molar-refractivity contribution is -0.137. The van der Waals surface area contributed by atoms with E-state index in [1.807, 2.05) is 11.6 Å². The van der Waals surface area contributed by atoms with Crippen molar-refractivity contribution in [3.63, 3.8) is 0 Å². The molecule has 2 aromatic carbocycles. The molecule has 0 saturated carbocycles. The Morgan fingerprint density at radius 2 is 1.83 bits per heavy atom. The third-order valence-electron chi connectivity index (χ3n) is 3.91. The summed E-state index contributed by atoms with van der Waals surface area (Å²) in [5.74, 6) is 0.371. The molecule has 0 saturated heterocycles. The normalized spacial score (nSPS) is 11.8. The molecule has 1 amide bonds. The van der Waals surface area contributed by atoms with E-state index in [0.717, 1.165) is 18.2 Å². The standard InChI is InChI=1S/C19H21F3N2O5S/c1-3-29-16-8-7-13(9-17(16)28-2)11-23-18(25)12-24-30(26,27)15-6-4-5-14(10-15)19(20,21)22/h4-10,24H,3,11-12H2,1-2H3,(H,23,25). The third kappa shape index (κ3) is 6.36. The van der Waals surface area contributed by atoms with Gasteiger partial charge in [-0.3, -0.25) is 4.79 Å². The lowest BCUT2D eigenvalue weighted by Crippen LogP contribution is -2.36. The van der Waals surface area contributed by atoms with Gasteiger partial charge in [-0.1, -0.05) is 12.1 Å². The van der Waals surface area contributed by atoms with Crippen LogP contribution in [-0.2, 0) is 27.5 Å². The van der Waals surface area contributed by atoms with Gasteiger partial charge in [0.15, 0.2) is 11.5 Å². The van der Waals surface area contributed by atoms with Crippen LogP contribution >= 0.6 is 0 Å². The number of alkyl halides is 3. The molecule has 0 atom stereocenters. The van der Waals surface area contributed by atoms with Gasteiger partial charge in [0.05, 0.1) is 30.7 Å². The molecule has 2 N–H and O–H groups in total. The number of benzene rings is 2. The fourth-order valence-corrected chi connectivity index (χ4v) is 3.47. The van der Waals surface area contributed by atoms with Gasteiger partial charge in [-0.05, 0) is 42.8 Å². The van der Waals surface area contributed by atoms with Crippen molar-refractivity contribution < 1.29 is 35.9 Å². The molecule has 0 aromatic heterocycles. The maximum absolute atomic E-state index is 12.8. The van der Waals surface area contributed by atoms with Gasteiger partial charge in [-0.2, -0.15) is 13.2 Å². The minimum atomic E-state index is -4.68. The number of amides is 1. The summed E-state index contributed by atoms with van der Waals surface area (Å²) in [7, 11) is -2.82. The molecule has 0 heterocycles. The first-order chi connectivity index (χ1) is 14.1. The first-order valence-electron chi connectivity index (χ1n) is 8.80. The van der Waals surface area contributed by atoms with E-state index >= 15 is 0 Å². The van der Waals surface area contributed by atoms with E-state index in [9.17, 15) is 26.4 Å². The molecule has 0 fully saturated rings. The van der Waals surface area contributed by atoms with E-state index in [-0.39, 0.29) is 6.54 Å². The molecule has 0 unspecified atom stereocenters. The summed E-state index contributed by atoms with van der Waals surface area (Å²) in [4.78, 5) is 11.4. The number of carbonyl (C=O) groups excluding carboxylic acids is 1. The van der Waals surface area contributed by atoms with Crippen molar-refractivity contribution in [1.82, 2.24) is 10.0 Å². The van der Waals surface area contributed by atoms with E-state index in [2.05, 4.69) is 5.32 Å². The molecular formula is C19H21F3N2O5S. The maximum atomic E-state index is 12.8. The Balaban J connectivity index is 1.96. The summed E-state index contributed by atoms with van der Waals surface area (Å²) in [5.41, 5.74) is -0.413. The van der Waals surface area contributed by atoms with Crippen molar-refractivity contribution in [3.8, 4) is 11.5 Å². The third-order valence-corrected chi connectivity index (χ3v) is 5.31. The highest BCUT2D eigenvalue weighted by molar-refractivity contribution is 7.89. The summed E-state index contributed by atoms with van der Waals surface area (Å²) in [6, 6.07) is 8.32. The lowest BCUT2D eigenvalue weighted by atomic mass is 10.2. The molecule has 0 aliphatic carbocycles. The van der Waals surface area contributed by atoms with Crippen LogP contribution in [0.5, 0.6) is 11.5 Å². The second-order valence-corrected chi connectivity index (χ2v) is 7.81. The number of methoxy groups -OCH3 is 1. The van der Waals surface area contributed by atoms with E-state index in [4.69, 9.17) is 9.47 Å². The van der Waals surface area contributed by atoms with E-state index in [0.29, 0.717) is 29.7 Å². The molecule has 0 aliphatic rings. The summed E-state index contributed by atoms with van der Waals surface area (Å²) >= 11 is 0. The summed E-state index contributed by atoms with van der Waals surface area (Å²) < 4.78 is 75.2. The van der Waals surface area contributed by atoms with Crippen LogP contribution in [0, 0.1) is 0 Å². The quantitative estimate of drug-likeness (QED) is 0.618. The first-order valence-corrected chi connectivity index (χ1v) is 10.3. The van der Waals surface area contributed by atoms with Crippen molar-refractivity contribution in [1.29, 1.82) is 0 Å². The van der Waals surface area contributed by atoms with E-state index in [1.54, 1.807) is 18.2 Å². The molecule has 0 bridgehead atoms. The second-order valence-electron chi connectivity index (χ2n) is 6.05. The van der Waals surface area contributed by atoms with Crippen molar-refractivity contribution in [2.75, 3.05) is 20.3 Å². The minimum Gasteiger partial charge on any atom is -0.493 e. The first kappa shape index (κ1) is 23.5. The second kappa shape index (κ2) is 9.81. The molecule has 164 valence electrons. The predicted octanol–water partition coefficient (Wildman–Crippen LogP) is 2.71. The zero-order valence-electron chi connectivity index (χ0n) is 16.2. The highest BCUT2D eigenvalue weighted by atomic mass is 32.2. The van der Waals surface area contributed by atoms with Crippen LogP contribution in [-0.4, -0.2) is 34.6 Å². The molecule has 0 aliphatic heterocycles. The minimum absolute atomic E-state index is 0.0902. The molecule has 30 heavy (non-hydrogen) atoms. The van der Waals surface area contributed by atoms with E-state index in [1.165, 1.54) is 7.11 Å². The Hall–Kier alpha value is -2.79. The van der Waals surface area contributed by atoms with Crippen molar-refractivity contribution in [2.24, 2.45) is 0 Å². The molecule has 11 heteroatoms. The smallest absolute Gasteiger partial charge is 0.416 e. The van der Waals surface area contributed by atoms with E-state index < -0.39 is 39.1 Å². The SMILES string of the molecule is CCOc1ccc(CNC(=O)CNS(=O)(=O)c2cccc(C(F)(F)F)c2)cc1OC. The lowest BCUT2D eigenvalue weighted by Gasteiger charge is -2.12. The number of carbonyl (C=O) groups is 1. The van der Waals surface area contributed by atoms with Gasteiger partial charge in [-0.15, -0.1) is 0 Å². The Morgan fingerprint density at radius 3 is 2.47 bits per heavy atom. The molecule has 2 rings (SSSR count). The summed E-state index contributed by atoms with van der Waals surface area (Å²) in [6.07, 6.45) is -4.68. The number of halogens is 3. The number of ether oxygens (including phenoxy) is 2. The zero-order valence-corrected chi connectivity index (χ0v) is 17.1. The predicted molar refractivity (Wildman–Crippen MR) is 103 cm³/mol. The van der Waals surface area contributed by atoms with Gasteiger partial charge in [0.2, 0.25) is 15.9 Å². The monoisotopic (exact) mass is 446 g/mol. The number of rotatable bonds is 9. The summed E-state index contributed by atoms with van der Waals surface area (Å²) in [6.45, 7) is 1.74. The van der Waals surface area contributed by atoms with Crippen molar-refractivity contribution >= 4 is 15.9 Å². The van der Waals surface area contributed by atoms with Crippen LogP contribution in [0.25, 0.3) is 0 Å². The van der Waals surface area contributed by atoms with Gasteiger partial charge >= 0.3 is 6.18 Å². The summed E-state index contributed by atoms with van der Waals surface area (Å²) in [5, 5.41) is 2.52. The maximum Gasteiger partial charge on any atom is 0.416 e. The van der Waals surface area contributed by atoms with Gasteiger partial charge in [0.25, 0.3) is 0 Å². The Bertz CT molecular complexity index is 994. The zero-order chi connectivity index (χ0) is 22.4. The highest BCUT2D eigenvalue weighted by Gasteiger charge is 2.31. The fraction of sp³-hybridized carbons (Fsp3) is 0.316. The Morgan fingerprint density at radius 1 is 1.10 bits per heavy atom. The van der Waals surface area contributed by atoms with Crippen LogP contribution < -0.4 is 19.5 Å². The van der Waals surface area contributed by atoms with Crippen molar-refractivity contribution in [2.45, 2.75) is 24.5 Å².